The van der Waals surface area contributed by atoms with Gasteiger partial charge in [-0.25, -0.2) is 13.5 Å². The van der Waals surface area contributed by atoms with Crippen molar-refractivity contribution in [1.82, 2.24) is 14.7 Å². The molecule has 3 rings (SSSR count). The number of hydrogen-bond donors (Lipinski definition) is 0. The highest BCUT2D eigenvalue weighted by Gasteiger charge is 2.16. The molecule has 0 atom stereocenters. The molecule has 6 heteroatoms. The number of likely N-dealkylation sites (tertiary alicyclic amines) is 1. The number of rotatable bonds is 6. The van der Waals surface area contributed by atoms with Crippen LogP contribution in [0.2, 0.25) is 0 Å². The van der Waals surface area contributed by atoms with Gasteiger partial charge in [-0.15, -0.1) is 0 Å². The first kappa shape index (κ1) is 16.9. The summed E-state index contributed by atoms with van der Waals surface area (Å²) in [6, 6.07) is 7.39. The van der Waals surface area contributed by atoms with Gasteiger partial charge in [0.05, 0.1) is 23.1 Å². The second kappa shape index (κ2) is 7.75. The minimum atomic E-state index is -2.50. The zero-order valence-corrected chi connectivity index (χ0v) is 13.9. The quantitative estimate of drug-likeness (QED) is 0.800. The Morgan fingerprint density at radius 1 is 1.12 bits per heavy atom. The molecule has 0 aliphatic carbocycles. The molecule has 1 fully saturated rings. The van der Waals surface area contributed by atoms with Crippen molar-refractivity contribution >= 4 is 0 Å². The fourth-order valence-electron chi connectivity index (χ4n) is 3.06. The summed E-state index contributed by atoms with van der Waals surface area (Å²) in [5, 5.41) is 4.05. The Morgan fingerprint density at radius 2 is 1.83 bits per heavy atom. The highest BCUT2D eigenvalue weighted by atomic mass is 19.3. The van der Waals surface area contributed by atoms with Crippen LogP contribution in [-0.2, 0) is 0 Å². The molecule has 0 saturated carbocycles. The van der Waals surface area contributed by atoms with Crippen molar-refractivity contribution < 1.29 is 13.5 Å². The van der Waals surface area contributed by atoms with Crippen LogP contribution < -0.4 is 4.74 Å². The van der Waals surface area contributed by atoms with Crippen LogP contribution in [0.15, 0.2) is 30.5 Å². The molecule has 0 bridgehead atoms. The van der Waals surface area contributed by atoms with Gasteiger partial charge in [0.25, 0.3) is 6.43 Å². The Labute approximate surface area is 141 Å². The Bertz CT molecular complexity index is 649. The lowest BCUT2D eigenvalue weighted by Crippen LogP contribution is -2.33. The van der Waals surface area contributed by atoms with Crippen molar-refractivity contribution in [2.24, 2.45) is 0 Å². The summed E-state index contributed by atoms with van der Waals surface area (Å²) in [7, 11) is 0. The van der Waals surface area contributed by atoms with Gasteiger partial charge in [0.15, 0.2) is 0 Å². The van der Waals surface area contributed by atoms with Crippen LogP contribution in [-0.4, -0.2) is 40.9 Å². The Kier molecular flexibility index (Phi) is 5.45. The maximum atomic E-state index is 12.8. The number of halogens is 2. The van der Waals surface area contributed by atoms with Gasteiger partial charge in [-0.1, -0.05) is 6.42 Å². The average molecular weight is 335 g/mol. The first-order valence-corrected chi connectivity index (χ1v) is 8.43. The van der Waals surface area contributed by atoms with Crippen LogP contribution in [0.3, 0.4) is 0 Å². The van der Waals surface area contributed by atoms with Gasteiger partial charge >= 0.3 is 0 Å². The van der Waals surface area contributed by atoms with Gasteiger partial charge in [0, 0.05) is 6.54 Å². The van der Waals surface area contributed by atoms with Gasteiger partial charge in [-0.3, -0.25) is 4.90 Å². The van der Waals surface area contributed by atoms with E-state index in [1.807, 2.05) is 24.3 Å². The van der Waals surface area contributed by atoms with E-state index in [4.69, 9.17) is 4.74 Å². The Balaban J connectivity index is 1.57. The third-order valence-electron chi connectivity index (χ3n) is 4.49. The molecule has 0 N–H and O–H groups in total. The lowest BCUT2D eigenvalue weighted by molar-refractivity contribution is 0.150. The number of alkyl halides is 2. The minimum absolute atomic E-state index is 0.0307. The number of piperidine rings is 1. The van der Waals surface area contributed by atoms with E-state index < -0.39 is 6.43 Å². The molecule has 0 radical (unpaired) electrons. The molecule has 0 amide bonds. The highest BCUT2D eigenvalue weighted by Crippen LogP contribution is 2.24. The summed E-state index contributed by atoms with van der Waals surface area (Å²) in [4.78, 5) is 2.43. The van der Waals surface area contributed by atoms with Gasteiger partial charge in [-0.2, -0.15) is 5.10 Å². The largest absolute Gasteiger partial charge is 0.492 e. The Hall–Kier alpha value is -1.95. The van der Waals surface area contributed by atoms with Crippen LogP contribution in [0.4, 0.5) is 8.78 Å². The van der Waals surface area contributed by atoms with Crippen molar-refractivity contribution in [2.45, 2.75) is 32.6 Å². The van der Waals surface area contributed by atoms with E-state index in [9.17, 15) is 8.78 Å². The highest BCUT2D eigenvalue weighted by molar-refractivity contribution is 5.39. The molecular formula is C18H23F2N3O. The van der Waals surface area contributed by atoms with E-state index >= 15 is 0 Å². The molecule has 130 valence electrons. The summed E-state index contributed by atoms with van der Waals surface area (Å²) in [5.41, 5.74) is 1.18. The number of benzene rings is 1. The van der Waals surface area contributed by atoms with Crippen molar-refractivity contribution in [3.05, 3.63) is 41.7 Å². The van der Waals surface area contributed by atoms with E-state index in [1.54, 1.807) is 6.92 Å². The molecule has 0 spiro atoms. The van der Waals surface area contributed by atoms with Gasteiger partial charge in [-0.05, 0) is 57.1 Å². The van der Waals surface area contributed by atoms with Gasteiger partial charge in [0.1, 0.15) is 12.4 Å². The fraction of sp³-hybridized carbons (Fsp3) is 0.500. The minimum Gasteiger partial charge on any atom is -0.492 e. The third-order valence-corrected chi connectivity index (χ3v) is 4.49. The van der Waals surface area contributed by atoms with Crippen LogP contribution >= 0.6 is 0 Å². The van der Waals surface area contributed by atoms with Crippen molar-refractivity contribution in [2.75, 3.05) is 26.2 Å². The molecule has 0 unspecified atom stereocenters. The molecule has 1 saturated heterocycles. The topological polar surface area (TPSA) is 30.3 Å². The van der Waals surface area contributed by atoms with Crippen LogP contribution in [0.5, 0.6) is 5.75 Å². The van der Waals surface area contributed by atoms with E-state index in [0.29, 0.717) is 12.3 Å². The lowest BCUT2D eigenvalue weighted by Gasteiger charge is -2.26. The molecule has 2 heterocycles. The second-order valence-electron chi connectivity index (χ2n) is 6.14. The maximum absolute atomic E-state index is 12.8. The summed E-state index contributed by atoms with van der Waals surface area (Å²) in [6.07, 6.45) is 2.61. The maximum Gasteiger partial charge on any atom is 0.267 e. The van der Waals surface area contributed by atoms with E-state index in [0.717, 1.165) is 31.1 Å². The summed E-state index contributed by atoms with van der Waals surface area (Å²) >= 11 is 0. The van der Waals surface area contributed by atoms with E-state index in [-0.39, 0.29) is 5.56 Å². The van der Waals surface area contributed by atoms with Crippen molar-refractivity contribution in [3.8, 4) is 11.4 Å². The Morgan fingerprint density at radius 3 is 2.46 bits per heavy atom. The first-order chi connectivity index (χ1) is 11.6. The van der Waals surface area contributed by atoms with Crippen molar-refractivity contribution in [1.29, 1.82) is 0 Å². The van der Waals surface area contributed by atoms with Gasteiger partial charge < -0.3 is 4.74 Å². The normalized spacial score (nSPS) is 15.8. The SMILES string of the molecule is Cc1c(C(F)F)cnn1-c1ccc(OCCN2CCCCC2)cc1. The smallest absolute Gasteiger partial charge is 0.267 e. The predicted octanol–water partition coefficient (Wildman–Crippen LogP) is 3.98. The lowest BCUT2D eigenvalue weighted by atomic mass is 10.1. The number of ether oxygens (including phenoxy) is 1. The first-order valence-electron chi connectivity index (χ1n) is 8.43. The monoisotopic (exact) mass is 335 g/mol. The predicted molar refractivity (Wildman–Crippen MR) is 89.0 cm³/mol. The molecule has 4 nitrogen and oxygen atoms in total. The molecule has 1 aliphatic heterocycles. The van der Waals surface area contributed by atoms with Crippen LogP contribution in [0.1, 0.15) is 36.9 Å². The standard InChI is InChI=1S/C18H23F2N3O/c1-14-17(18(19)20)13-21-23(14)15-5-7-16(8-6-15)24-12-11-22-9-3-2-4-10-22/h5-8,13,18H,2-4,9-12H2,1H3. The average Bonchev–Trinajstić information content (AvgIpc) is 2.98. The second-order valence-corrected chi connectivity index (χ2v) is 6.14. The number of aromatic nitrogens is 2. The molecule has 1 aromatic carbocycles. The number of hydrogen-bond acceptors (Lipinski definition) is 3. The van der Waals surface area contributed by atoms with E-state index in [2.05, 4.69) is 10.00 Å². The molecule has 2 aromatic rings. The third kappa shape index (κ3) is 3.93. The molecule has 1 aromatic heterocycles. The summed E-state index contributed by atoms with van der Waals surface area (Å²) < 4.78 is 33.0. The van der Waals surface area contributed by atoms with Crippen LogP contribution in [0.25, 0.3) is 5.69 Å². The molecular weight excluding hydrogens is 312 g/mol. The van der Waals surface area contributed by atoms with Crippen molar-refractivity contribution in [3.63, 3.8) is 0 Å². The summed E-state index contributed by atoms with van der Waals surface area (Å²) in [5.74, 6) is 0.787. The molecule has 24 heavy (non-hydrogen) atoms. The fourth-order valence-corrected chi connectivity index (χ4v) is 3.06. The zero-order valence-electron chi connectivity index (χ0n) is 13.9. The van der Waals surface area contributed by atoms with Crippen LogP contribution in [0, 0.1) is 6.92 Å². The number of nitrogens with zero attached hydrogens (tertiary/aromatic N) is 3. The zero-order chi connectivity index (χ0) is 16.9. The summed E-state index contributed by atoms with van der Waals surface area (Å²) in [6.45, 7) is 5.58. The van der Waals surface area contributed by atoms with E-state index in [1.165, 1.54) is 30.1 Å². The van der Waals surface area contributed by atoms with Gasteiger partial charge in [0.2, 0.25) is 0 Å². The molecule has 1 aliphatic rings.